The van der Waals surface area contributed by atoms with Crippen LogP contribution in [0.4, 0.5) is 4.79 Å². The van der Waals surface area contributed by atoms with Crippen molar-refractivity contribution < 1.29 is 19.0 Å². The van der Waals surface area contributed by atoms with Crippen LogP contribution in [-0.2, 0) is 0 Å². The Labute approximate surface area is 134 Å². The number of benzene rings is 2. The summed E-state index contributed by atoms with van der Waals surface area (Å²) in [4.78, 5) is 11.9. The van der Waals surface area contributed by atoms with E-state index < -0.39 is 6.16 Å². The highest BCUT2D eigenvalue weighted by Crippen LogP contribution is 2.28. The molecule has 22 heavy (non-hydrogen) atoms. The van der Waals surface area contributed by atoms with Crippen LogP contribution in [0.25, 0.3) is 0 Å². The van der Waals surface area contributed by atoms with E-state index in [1.807, 2.05) is 6.07 Å². The number of para-hydroxylation sites is 3. The van der Waals surface area contributed by atoms with Gasteiger partial charge < -0.3 is 14.2 Å². The number of rotatable bonds is 6. The largest absolute Gasteiger partial charge is 0.519 e. The molecule has 4 nitrogen and oxygen atoms in total. The number of halogens is 1. The normalized spacial score (nSPS) is 10.1. The van der Waals surface area contributed by atoms with Gasteiger partial charge in [0.1, 0.15) is 0 Å². The molecule has 0 spiro atoms. The topological polar surface area (TPSA) is 44.8 Å². The van der Waals surface area contributed by atoms with E-state index in [-0.39, 0.29) is 5.75 Å². The van der Waals surface area contributed by atoms with Crippen LogP contribution < -0.4 is 14.2 Å². The lowest BCUT2D eigenvalue weighted by molar-refractivity contribution is 0.149. The van der Waals surface area contributed by atoms with Crippen LogP contribution in [-0.4, -0.2) is 12.8 Å². The molecule has 0 aliphatic rings. The summed E-state index contributed by atoms with van der Waals surface area (Å²) in [6.45, 7) is 2.64. The van der Waals surface area contributed by atoms with Gasteiger partial charge in [-0.15, -0.1) is 0 Å². The molecule has 2 rings (SSSR count). The average Bonchev–Trinajstić information content (AvgIpc) is 2.51. The van der Waals surface area contributed by atoms with E-state index in [4.69, 9.17) is 25.8 Å². The molecule has 0 unspecified atom stereocenters. The Bertz CT molecular complexity index is 628. The van der Waals surface area contributed by atoms with Crippen molar-refractivity contribution in [2.75, 3.05) is 6.61 Å². The highest BCUT2D eigenvalue weighted by molar-refractivity contribution is 6.32. The van der Waals surface area contributed by atoms with Crippen LogP contribution in [0.3, 0.4) is 0 Å². The Hall–Kier alpha value is -2.20. The molecule has 0 heterocycles. The van der Waals surface area contributed by atoms with Gasteiger partial charge in [-0.2, -0.15) is 0 Å². The zero-order valence-electron chi connectivity index (χ0n) is 12.3. The van der Waals surface area contributed by atoms with Gasteiger partial charge in [-0.05, 0) is 30.7 Å². The second-order valence-electron chi connectivity index (χ2n) is 4.53. The molecule has 0 saturated carbocycles. The van der Waals surface area contributed by atoms with Crippen LogP contribution in [0.1, 0.15) is 19.8 Å². The Morgan fingerprint density at radius 3 is 2.23 bits per heavy atom. The van der Waals surface area contributed by atoms with E-state index in [0.717, 1.165) is 12.8 Å². The van der Waals surface area contributed by atoms with Gasteiger partial charge in [0.15, 0.2) is 17.2 Å². The van der Waals surface area contributed by atoms with Crippen LogP contribution in [0.5, 0.6) is 17.2 Å². The third-order valence-electron chi connectivity index (χ3n) is 2.83. The molecular formula is C17H17ClO4. The second-order valence-corrected chi connectivity index (χ2v) is 4.94. The molecule has 0 aliphatic carbocycles. The van der Waals surface area contributed by atoms with E-state index in [2.05, 4.69) is 6.92 Å². The van der Waals surface area contributed by atoms with Crippen molar-refractivity contribution in [2.24, 2.45) is 0 Å². The van der Waals surface area contributed by atoms with Crippen molar-refractivity contribution in [3.63, 3.8) is 0 Å². The maximum Gasteiger partial charge on any atom is 0.519 e. The van der Waals surface area contributed by atoms with Gasteiger partial charge in [-0.3, -0.25) is 0 Å². The van der Waals surface area contributed by atoms with Crippen molar-refractivity contribution in [1.82, 2.24) is 0 Å². The standard InChI is InChI=1S/C17H17ClO4/c1-2-3-12-20-15-10-6-7-11-16(15)22-17(19)21-14-9-5-4-8-13(14)18/h4-11H,2-3,12H2,1H3. The van der Waals surface area contributed by atoms with Crippen LogP contribution in [0.2, 0.25) is 5.02 Å². The molecule has 0 amide bonds. The van der Waals surface area contributed by atoms with Gasteiger partial charge in [-0.1, -0.05) is 49.2 Å². The van der Waals surface area contributed by atoms with Gasteiger partial charge in [0.05, 0.1) is 11.6 Å². The van der Waals surface area contributed by atoms with Gasteiger partial charge in [-0.25, -0.2) is 4.79 Å². The first-order chi connectivity index (χ1) is 10.7. The summed E-state index contributed by atoms with van der Waals surface area (Å²) >= 11 is 5.93. The molecule has 0 N–H and O–H groups in total. The third kappa shape index (κ3) is 4.67. The quantitative estimate of drug-likeness (QED) is 0.422. The molecule has 0 radical (unpaired) electrons. The lowest BCUT2D eigenvalue weighted by atomic mass is 10.3. The summed E-state index contributed by atoms with van der Waals surface area (Å²) < 4.78 is 15.9. The zero-order chi connectivity index (χ0) is 15.8. The molecule has 116 valence electrons. The maximum atomic E-state index is 11.9. The molecule has 0 saturated heterocycles. The molecule has 5 heteroatoms. The van der Waals surface area contributed by atoms with Crippen molar-refractivity contribution in [1.29, 1.82) is 0 Å². The van der Waals surface area contributed by atoms with Crippen LogP contribution in [0.15, 0.2) is 48.5 Å². The summed E-state index contributed by atoms with van der Waals surface area (Å²) in [7, 11) is 0. The number of unbranched alkanes of at least 4 members (excludes halogenated alkanes) is 1. The van der Waals surface area contributed by atoms with Crippen molar-refractivity contribution in [3.8, 4) is 17.2 Å². The van der Waals surface area contributed by atoms with E-state index >= 15 is 0 Å². The fourth-order valence-electron chi connectivity index (χ4n) is 1.71. The summed E-state index contributed by atoms with van der Waals surface area (Å²) in [5.41, 5.74) is 0. The highest BCUT2D eigenvalue weighted by Gasteiger charge is 2.13. The fourth-order valence-corrected chi connectivity index (χ4v) is 1.88. The number of ether oxygens (including phenoxy) is 3. The fraction of sp³-hybridized carbons (Fsp3) is 0.235. The summed E-state index contributed by atoms with van der Waals surface area (Å²) in [5, 5.41) is 0.340. The van der Waals surface area contributed by atoms with Crippen molar-refractivity contribution >= 4 is 17.8 Å². The molecular weight excluding hydrogens is 304 g/mol. The lowest BCUT2D eigenvalue weighted by Gasteiger charge is -2.11. The number of hydrogen-bond donors (Lipinski definition) is 0. The molecule has 2 aromatic carbocycles. The van der Waals surface area contributed by atoms with Gasteiger partial charge in [0, 0.05) is 0 Å². The van der Waals surface area contributed by atoms with E-state index in [1.165, 1.54) is 0 Å². The van der Waals surface area contributed by atoms with Gasteiger partial charge >= 0.3 is 6.16 Å². The third-order valence-corrected chi connectivity index (χ3v) is 3.14. The van der Waals surface area contributed by atoms with Crippen LogP contribution in [0, 0.1) is 0 Å². The lowest BCUT2D eigenvalue weighted by Crippen LogP contribution is -2.14. The summed E-state index contributed by atoms with van der Waals surface area (Å²) in [5.74, 6) is 1.07. The van der Waals surface area contributed by atoms with Crippen molar-refractivity contribution in [3.05, 3.63) is 53.6 Å². The number of hydrogen-bond acceptors (Lipinski definition) is 4. The first-order valence-electron chi connectivity index (χ1n) is 7.06. The molecule has 2 aromatic rings. The average molecular weight is 321 g/mol. The summed E-state index contributed by atoms with van der Waals surface area (Å²) in [6, 6.07) is 13.6. The van der Waals surface area contributed by atoms with E-state index in [9.17, 15) is 4.79 Å². The Kier molecular flexibility index (Phi) is 6.10. The molecule has 0 fully saturated rings. The van der Waals surface area contributed by atoms with Gasteiger partial charge in [0.2, 0.25) is 0 Å². The van der Waals surface area contributed by atoms with E-state index in [0.29, 0.717) is 23.1 Å². The first-order valence-corrected chi connectivity index (χ1v) is 7.44. The smallest absolute Gasteiger partial charge is 0.490 e. The zero-order valence-corrected chi connectivity index (χ0v) is 13.0. The minimum atomic E-state index is -0.861. The minimum absolute atomic E-state index is 0.249. The molecule has 0 aromatic heterocycles. The first kappa shape index (κ1) is 16.2. The Morgan fingerprint density at radius 1 is 0.955 bits per heavy atom. The SMILES string of the molecule is CCCCOc1ccccc1OC(=O)Oc1ccccc1Cl. The Balaban J connectivity index is 2.01. The highest BCUT2D eigenvalue weighted by atomic mass is 35.5. The molecule has 0 atom stereocenters. The van der Waals surface area contributed by atoms with Crippen molar-refractivity contribution in [2.45, 2.75) is 19.8 Å². The molecule has 0 aliphatic heterocycles. The van der Waals surface area contributed by atoms with Crippen LogP contribution >= 0.6 is 11.6 Å². The monoisotopic (exact) mass is 320 g/mol. The predicted octanol–water partition coefficient (Wildman–Crippen LogP) is 5.10. The summed E-state index contributed by atoms with van der Waals surface area (Å²) in [6.07, 6.45) is 1.09. The predicted molar refractivity (Wildman–Crippen MR) is 84.9 cm³/mol. The minimum Gasteiger partial charge on any atom is -0.490 e. The second kappa shape index (κ2) is 8.29. The van der Waals surface area contributed by atoms with E-state index in [1.54, 1.807) is 42.5 Å². The maximum absolute atomic E-state index is 11.9. The number of carbonyl (C=O) groups excluding carboxylic acids is 1. The Morgan fingerprint density at radius 2 is 1.55 bits per heavy atom. The molecule has 0 bridgehead atoms. The van der Waals surface area contributed by atoms with Gasteiger partial charge in [0.25, 0.3) is 0 Å². The number of carbonyl (C=O) groups is 1.